The van der Waals surface area contributed by atoms with Gasteiger partial charge in [0.15, 0.2) is 16.1 Å². The van der Waals surface area contributed by atoms with Crippen molar-refractivity contribution in [3.63, 3.8) is 0 Å². The van der Waals surface area contributed by atoms with Crippen molar-refractivity contribution in [3.05, 3.63) is 17.2 Å². The number of hydrogen-bond acceptors (Lipinski definition) is 7. The van der Waals surface area contributed by atoms with Crippen molar-refractivity contribution in [2.24, 2.45) is 0 Å². The summed E-state index contributed by atoms with van der Waals surface area (Å²) in [5.74, 6) is -0.0630. The minimum Gasteiger partial charge on any atom is -0.444 e. The molecule has 3 rings (SSSR count). The molecule has 0 unspecified atom stereocenters. The van der Waals surface area contributed by atoms with Gasteiger partial charge >= 0.3 is 6.09 Å². The third-order valence-corrected chi connectivity index (χ3v) is 5.15. The van der Waals surface area contributed by atoms with Gasteiger partial charge in [-0.1, -0.05) is 23.4 Å². The van der Waals surface area contributed by atoms with Crippen LogP contribution in [0.25, 0.3) is 10.9 Å². The number of ether oxygens (including phenoxy) is 1. The molecule has 2 aromatic heterocycles. The highest BCUT2D eigenvalue weighted by atomic mass is 35.5. The van der Waals surface area contributed by atoms with Crippen LogP contribution in [0.5, 0.6) is 0 Å². The number of anilines is 1. The van der Waals surface area contributed by atoms with E-state index in [9.17, 15) is 9.18 Å². The van der Waals surface area contributed by atoms with Crippen molar-refractivity contribution >= 4 is 46.2 Å². The molecule has 1 aliphatic heterocycles. The molecule has 0 N–H and O–H groups in total. The highest BCUT2D eigenvalue weighted by Crippen LogP contribution is 2.31. The molecular weight excluding hydrogens is 405 g/mol. The Morgan fingerprint density at radius 2 is 2.07 bits per heavy atom. The van der Waals surface area contributed by atoms with Crippen LogP contribution in [-0.2, 0) is 4.74 Å². The molecule has 0 bridgehead atoms. The SMILES string of the molecule is CSc1nc(N2CCN(C(=O)OC(C)(C)C)C[C@H]2C)c2cnc(Cl)c(F)c2n1. The quantitative estimate of drug-likeness (QED) is 0.407. The molecule has 1 fully saturated rings. The van der Waals surface area contributed by atoms with E-state index in [1.165, 1.54) is 18.0 Å². The smallest absolute Gasteiger partial charge is 0.410 e. The van der Waals surface area contributed by atoms with Crippen molar-refractivity contribution in [1.29, 1.82) is 0 Å². The van der Waals surface area contributed by atoms with Crippen LogP contribution in [0.3, 0.4) is 0 Å². The molecule has 1 atom stereocenters. The Morgan fingerprint density at radius 3 is 2.68 bits per heavy atom. The number of piperazine rings is 1. The van der Waals surface area contributed by atoms with E-state index in [2.05, 4.69) is 15.0 Å². The number of hydrogen-bond donors (Lipinski definition) is 0. The Morgan fingerprint density at radius 1 is 1.36 bits per heavy atom. The normalized spacial score (nSPS) is 17.9. The predicted molar refractivity (Wildman–Crippen MR) is 109 cm³/mol. The summed E-state index contributed by atoms with van der Waals surface area (Å²) in [6.07, 6.45) is 2.98. The number of amides is 1. The summed E-state index contributed by atoms with van der Waals surface area (Å²) in [7, 11) is 0. The summed E-state index contributed by atoms with van der Waals surface area (Å²) in [6.45, 7) is 8.99. The summed E-state index contributed by atoms with van der Waals surface area (Å²) in [5.41, 5.74) is -0.396. The first-order valence-electron chi connectivity index (χ1n) is 8.91. The van der Waals surface area contributed by atoms with E-state index in [1.807, 2.05) is 38.9 Å². The van der Waals surface area contributed by atoms with Crippen LogP contribution in [0, 0.1) is 5.82 Å². The minimum absolute atomic E-state index is 0.0483. The second kappa shape index (κ2) is 7.87. The van der Waals surface area contributed by atoms with Crippen LogP contribution < -0.4 is 4.90 Å². The van der Waals surface area contributed by atoms with Gasteiger partial charge in [0.05, 0.1) is 5.39 Å². The highest BCUT2D eigenvalue weighted by molar-refractivity contribution is 7.98. The molecule has 0 aromatic carbocycles. The van der Waals surface area contributed by atoms with E-state index >= 15 is 0 Å². The average molecular weight is 428 g/mol. The molecule has 10 heteroatoms. The lowest BCUT2D eigenvalue weighted by atomic mass is 10.1. The maximum absolute atomic E-state index is 14.5. The lowest BCUT2D eigenvalue weighted by Crippen LogP contribution is -2.55. The van der Waals surface area contributed by atoms with Gasteiger partial charge in [0, 0.05) is 31.9 Å². The molecule has 0 aliphatic carbocycles. The predicted octanol–water partition coefficient (Wildman–Crippen LogP) is 3.98. The molecular formula is C18H23ClFN5O2S. The van der Waals surface area contributed by atoms with E-state index < -0.39 is 11.4 Å². The van der Waals surface area contributed by atoms with Crippen molar-refractivity contribution in [2.75, 3.05) is 30.8 Å². The lowest BCUT2D eigenvalue weighted by molar-refractivity contribution is 0.0218. The number of carbonyl (C=O) groups is 1. The number of carbonyl (C=O) groups excluding carboxylic acids is 1. The van der Waals surface area contributed by atoms with Crippen molar-refractivity contribution < 1.29 is 13.9 Å². The molecule has 7 nitrogen and oxygen atoms in total. The minimum atomic E-state index is -0.654. The van der Waals surface area contributed by atoms with E-state index in [-0.39, 0.29) is 22.8 Å². The van der Waals surface area contributed by atoms with Gasteiger partial charge in [-0.3, -0.25) is 0 Å². The fraction of sp³-hybridized carbons (Fsp3) is 0.556. The Labute approximate surface area is 172 Å². The van der Waals surface area contributed by atoms with E-state index in [0.29, 0.717) is 36.0 Å². The molecule has 2 aromatic rings. The molecule has 1 saturated heterocycles. The van der Waals surface area contributed by atoms with Gasteiger partial charge < -0.3 is 14.5 Å². The Balaban J connectivity index is 1.91. The lowest BCUT2D eigenvalue weighted by Gasteiger charge is -2.41. The summed E-state index contributed by atoms with van der Waals surface area (Å²) in [5, 5.41) is 0.731. The zero-order chi connectivity index (χ0) is 20.6. The molecule has 1 aliphatic rings. The Hall–Kier alpha value is -1.87. The van der Waals surface area contributed by atoms with Crippen LogP contribution in [0.4, 0.5) is 15.0 Å². The maximum Gasteiger partial charge on any atom is 0.410 e. The zero-order valence-corrected chi connectivity index (χ0v) is 18.1. The van der Waals surface area contributed by atoms with Gasteiger partial charge in [-0.2, -0.15) is 0 Å². The summed E-state index contributed by atoms with van der Waals surface area (Å²) in [4.78, 5) is 28.9. The standard InChI is InChI=1S/C18H23ClFN5O2S/c1-10-9-24(17(26)27-18(2,3)4)6-7-25(10)15-11-8-21-14(19)12(20)13(11)22-16(23-15)28-5/h8,10H,6-7,9H2,1-5H3/t10-/m1/s1. The first-order valence-corrected chi connectivity index (χ1v) is 10.5. The number of thioether (sulfide) groups is 1. The van der Waals surface area contributed by atoms with Crippen LogP contribution in [0.15, 0.2) is 11.4 Å². The number of pyridine rings is 1. The second-order valence-corrected chi connectivity index (χ2v) is 8.76. The largest absolute Gasteiger partial charge is 0.444 e. The number of halogens is 2. The highest BCUT2D eigenvalue weighted by Gasteiger charge is 2.32. The topological polar surface area (TPSA) is 71.5 Å². The van der Waals surface area contributed by atoms with Crippen LogP contribution in [-0.4, -0.2) is 63.5 Å². The van der Waals surface area contributed by atoms with Crippen LogP contribution in [0.1, 0.15) is 27.7 Å². The number of nitrogens with zero attached hydrogens (tertiary/aromatic N) is 5. The Kier molecular flexibility index (Phi) is 5.86. The molecule has 28 heavy (non-hydrogen) atoms. The summed E-state index contributed by atoms with van der Waals surface area (Å²) < 4.78 is 20.0. The Bertz CT molecular complexity index is 908. The van der Waals surface area contributed by atoms with Crippen LogP contribution >= 0.6 is 23.4 Å². The van der Waals surface area contributed by atoms with Gasteiger partial charge in [-0.05, 0) is 34.0 Å². The number of rotatable bonds is 2. The van der Waals surface area contributed by atoms with Gasteiger partial charge in [0.1, 0.15) is 16.9 Å². The van der Waals surface area contributed by atoms with Gasteiger partial charge in [0.25, 0.3) is 0 Å². The number of fused-ring (bicyclic) bond motifs is 1. The van der Waals surface area contributed by atoms with Gasteiger partial charge in [0.2, 0.25) is 0 Å². The second-order valence-electron chi connectivity index (χ2n) is 7.63. The molecule has 0 saturated carbocycles. The van der Waals surface area contributed by atoms with Crippen molar-refractivity contribution in [2.45, 2.75) is 44.5 Å². The molecule has 1 amide bonds. The van der Waals surface area contributed by atoms with Gasteiger partial charge in [-0.25, -0.2) is 24.1 Å². The first-order chi connectivity index (χ1) is 13.1. The van der Waals surface area contributed by atoms with E-state index in [1.54, 1.807) is 4.90 Å². The fourth-order valence-corrected chi connectivity index (χ4v) is 3.57. The zero-order valence-electron chi connectivity index (χ0n) is 16.5. The van der Waals surface area contributed by atoms with Gasteiger partial charge in [-0.15, -0.1) is 0 Å². The molecule has 0 spiro atoms. The molecule has 3 heterocycles. The van der Waals surface area contributed by atoms with Crippen LogP contribution in [0.2, 0.25) is 5.15 Å². The fourth-order valence-electron chi connectivity index (χ4n) is 3.07. The maximum atomic E-state index is 14.5. The third-order valence-electron chi connectivity index (χ3n) is 4.33. The molecule has 0 radical (unpaired) electrons. The summed E-state index contributed by atoms with van der Waals surface area (Å²) >= 11 is 7.16. The third kappa shape index (κ3) is 4.25. The molecule has 152 valence electrons. The first kappa shape index (κ1) is 20.9. The average Bonchev–Trinajstić information content (AvgIpc) is 2.62. The van der Waals surface area contributed by atoms with E-state index in [0.717, 1.165) is 0 Å². The van der Waals surface area contributed by atoms with E-state index in [4.69, 9.17) is 16.3 Å². The summed E-state index contributed by atoms with van der Waals surface area (Å²) in [6, 6.07) is -0.0483. The number of aromatic nitrogens is 3. The van der Waals surface area contributed by atoms with Crippen molar-refractivity contribution in [3.8, 4) is 0 Å². The van der Waals surface area contributed by atoms with Crippen molar-refractivity contribution in [1.82, 2.24) is 19.9 Å². The monoisotopic (exact) mass is 427 g/mol.